The minimum absolute atomic E-state index is 0.249. The van der Waals surface area contributed by atoms with Gasteiger partial charge < -0.3 is 18.6 Å². The van der Waals surface area contributed by atoms with Gasteiger partial charge in [0.25, 0.3) is 0 Å². The average Bonchev–Trinajstić information content (AvgIpc) is 3.98. The van der Waals surface area contributed by atoms with E-state index in [1.54, 1.807) is 0 Å². The smallest absolute Gasteiger partial charge is 0.167 e. The van der Waals surface area contributed by atoms with E-state index < -0.39 is 0 Å². The zero-order valence-corrected chi connectivity index (χ0v) is 30.2. The number of furan rings is 3. The number of rotatable bonds is 5. The Hall–Kier alpha value is -7.84. The second-order valence-corrected chi connectivity index (χ2v) is 14.2. The molecule has 1 N–H and O–H groups in total. The summed E-state index contributed by atoms with van der Waals surface area (Å²) in [6.07, 6.45) is 0. The van der Waals surface area contributed by atoms with Crippen molar-refractivity contribution in [2.75, 3.05) is 0 Å². The summed E-state index contributed by atoms with van der Waals surface area (Å²) in [4.78, 5) is 20.5. The summed E-state index contributed by atoms with van der Waals surface area (Å²) < 4.78 is 19.4. The quantitative estimate of drug-likeness (QED) is 0.188. The summed E-state index contributed by atoms with van der Waals surface area (Å²) in [5.41, 5.74) is 9.17. The van der Waals surface area contributed by atoms with E-state index >= 15 is 0 Å². The van der Waals surface area contributed by atoms with Crippen molar-refractivity contribution in [3.63, 3.8) is 0 Å². The Balaban J connectivity index is 1.05. The van der Waals surface area contributed by atoms with Crippen LogP contribution in [0.15, 0.2) is 182 Å². The molecule has 0 bridgehead atoms. The lowest BCUT2D eigenvalue weighted by molar-refractivity contribution is 0.504. The molecule has 1 aliphatic rings. The monoisotopic (exact) mass is 735 g/mol. The van der Waals surface area contributed by atoms with E-state index in [0.29, 0.717) is 17.5 Å². The van der Waals surface area contributed by atoms with Gasteiger partial charge in [-0.25, -0.2) is 19.9 Å². The maximum Gasteiger partial charge on any atom is 0.167 e. The first kappa shape index (κ1) is 31.5. The van der Waals surface area contributed by atoms with E-state index in [2.05, 4.69) is 47.8 Å². The van der Waals surface area contributed by atoms with Crippen LogP contribution in [0.5, 0.6) is 0 Å². The first-order valence-corrected chi connectivity index (χ1v) is 18.8. The number of hydrogen-bond donors (Lipinski definition) is 1. The summed E-state index contributed by atoms with van der Waals surface area (Å²) in [5, 5.41) is 8.63. The first-order valence-electron chi connectivity index (χ1n) is 18.8. The highest BCUT2D eigenvalue weighted by Crippen LogP contribution is 2.44. The number of para-hydroxylation sites is 3. The molecule has 0 radical (unpaired) electrons. The van der Waals surface area contributed by atoms with E-state index in [4.69, 9.17) is 33.2 Å². The van der Waals surface area contributed by atoms with Gasteiger partial charge in [-0.2, -0.15) is 0 Å². The standard InChI is InChI=1S/C49H29N5O3/c1-3-13-28(14-4-1)42-45-43(33-18-8-10-23-38(33)57-45)51-48(50-42)34-20-12-24-40-41(34)36-27-30(25-26-39(36)55-40)47-52-46(29-15-5-2-6-16-29)53-49(54-47)35-21-11-19-32-31-17-7-9-22-37(31)56-44(32)35/h1-27,42H,(H,50,51). The molecular weight excluding hydrogens is 707 g/mol. The fourth-order valence-corrected chi connectivity index (χ4v) is 8.15. The molecule has 1 unspecified atom stereocenters. The predicted octanol–water partition coefficient (Wildman–Crippen LogP) is 12.2. The topological polar surface area (TPSA) is 102 Å². The molecule has 0 fully saturated rings. The van der Waals surface area contributed by atoms with Gasteiger partial charge in [0.05, 0.1) is 5.56 Å². The fraction of sp³-hybridized carbons (Fsp3) is 0.0204. The number of amidine groups is 1. The zero-order chi connectivity index (χ0) is 37.5. The van der Waals surface area contributed by atoms with Crippen LogP contribution in [0, 0.1) is 0 Å². The van der Waals surface area contributed by atoms with Gasteiger partial charge >= 0.3 is 0 Å². The molecule has 7 aromatic carbocycles. The Bertz CT molecular complexity index is 3400. The predicted molar refractivity (Wildman–Crippen MR) is 225 cm³/mol. The number of nitrogens with one attached hydrogen (secondary N) is 1. The molecule has 5 heterocycles. The van der Waals surface area contributed by atoms with Gasteiger partial charge in [0.2, 0.25) is 0 Å². The highest BCUT2D eigenvalue weighted by atomic mass is 16.3. The lowest BCUT2D eigenvalue weighted by atomic mass is 9.98. The molecule has 268 valence electrons. The van der Waals surface area contributed by atoms with Crippen LogP contribution in [-0.2, 0) is 0 Å². The van der Waals surface area contributed by atoms with Crippen LogP contribution >= 0.6 is 0 Å². The van der Waals surface area contributed by atoms with Crippen molar-refractivity contribution in [1.29, 1.82) is 0 Å². The Kier molecular flexibility index (Phi) is 6.82. The fourth-order valence-electron chi connectivity index (χ4n) is 8.15. The van der Waals surface area contributed by atoms with Crippen molar-refractivity contribution in [3.8, 4) is 34.2 Å². The Morgan fingerprint density at radius 1 is 0.439 bits per heavy atom. The van der Waals surface area contributed by atoms with Gasteiger partial charge in [-0.1, -0.05) is 115 Å². The van der Waals surface area contributed by atoms with Gasteiger partial charge in [-0.05, 0) is 54.1 Å². The van der Waals surface area contributed by atoms with E-state index in [-0.39, 0.29) is 6.04 Å². The third-order valence-electron chi connectivity index (χ3n) is 10.8. The van der Waals surface area contributed by atoms with Crippen LogP contribution in [0.3, 0.4) is 0 Å². The molecular formula is C49H29N5O3. The molecule has 0 spiro atoms. The molecule has 8 heteroatoms. The number of aliphatic imine (C=N–C) groups is 1. The lowest BCUT2D eigenvalue weighted by Crippen LogP contribution is -2.32. The Morgan fingerprint density at radius 3 is 1.91 bits per heavy atom. The molecule has 0 saturated heterocycles. The van der Waals surface area contributed by atoms with Crippen LogP contribution in [0.4, 0.5) is 5.69 Å². The molecule has 0 amide bonds. The second kappa shape index (κ2) is 12.3. The number of aromatic nitrogens is 3. The van der Waals surface area contributed by atoms with E-state index in [9.17, 15) is 0 Å². The number of fused-ring (bicyclic) bond motifs is 9. The van der Waals surface area contributed by atoms with Crippen LogP contribution in [-0.4, -0.2) is 20.8 Å². The largest absolute Gasteiger partial charge is 0.456 e. The zero-order valence-electron chi connectivity index (χ0n) is 30.2. The molecule has 0 aliphatic carbocycles. The second-order valence-electron chi connectivity index (χ2n) is 14.2. The number of hydrogen-bond acceptors (Lipinski definition) is 8. The molecule has 12 rings (SSSR count). The van der Waals surface area contributed by atoms with E-state index in [0.717, 1.165) is 99.9 Å². The van der Waals surface area contributed by atoms with Crippen molar-refractivity contribution in [3.05, 3.63) is 181 Å². The Morgan fingerprint density at radius 2 is 1.07 bits per heavy atom. The van der Waals surface area contributed by atoms with Crippen LogP contribution < -0.4 is 5.32 Å². The van der Waals surface area contributed by atoms with Crippen molar-refractivity contribution >= 4 is 66.4 Å². The number of benzene rings is 7. The first-order chi connectivity index (χ1) is 28.2. The summed E-state index contributed by atoms with van der Waals surface area (Å²) in [6.45, 7) is 0. The molecule has 8 nitrogen and oxygen atoms in total. The summed E-state index contributed by atoms with van der Waals surface area (Å²) in [6, 6.07) is 54.5. The van der Waals surface area contributed by atoms with Crippen molar-refractivity contribution in [2.24, 2.45) is 4.99 Å². The van der Waals surface area contributed by atoms with E-state index in [1.165, 1.54) is 0 Å². The van der Waals surface area contributed by atoms with Crippen molar-refractivity contribution in [1.82, 2.24) is 20.3 Å². The van der Waals surface area contributed by atoms with Crippen LogP contribution in [0.1, 0.15) is 22.9 Å². The average molecular weight is 736 g/mol. The number of nitrogens with zero attached hydrogens (tertiary/aromatic N) is 4. The maximum absolute atomic E-state index is 6.51. The van der Waals surface area contributed by atoms with Gasteiger partial charge in [0.1, 0.15) is 45.5 Å². The molecule has 0 saturated carbocycles. The van der Waals surface area contributed by atoms with Crippen molar-refractivity contribution in [2.45, 2.75) is 6.04 Å². The lowest BCUT2D eigenvalue weighted by Gasteiger charge is -2.24. The summed E-state index contributed by atoms with van der Waals surface area (Å²) >= 11 is 0. The summed E-state index contributed by atoms with van der Waals surface area (Å²) in [7, 11) is 0. The highest BCUT2D eigenvalue weighted by molar-refractivity contribution is 6.20. The van der Waals surface area contributed by atoms with Crippen molar-refractivity contribution < 1.29 is 13.3 Å². The molecule has 4 aromatic heterocycles. The molecule has 11 aromatic rings. The molecule has 1 aliphatic heterocycles. The van der Waals surface area contributed by atoms with Gasteiger partial charge in [0, 0.05) is 43.6 Å². The van der Waals surface area contributed by atoms with Gasteiger partial charge in [-0.3, -0.25) is 0 Å². The summed E-state index contributed by atoms with van der Waals surface area (Å²) in [5.74, 6) is 3.15. The molecule has 1 atom stereocenters. The third-order valence-corrected chi connectivity index (χ3v) is 10.8. The SMILES string of the molecule is c1ccc(-c2nc(-c3ccc4oc5cccc(C6=Nc7c(oc8ccccc78)C(c7ccccc7)N6)c5c4c3)nc(-c3cccc4c3oc3ccccc34)n2)cc1. The maximum atomic E-state index is 6.51. The third kappa shape index (κ3) is 5.01. The molecule has 57 heavy (non-hydrogen) atoms. The van der Waals surface area contributed by atoms with Crippen LogP contribution in [0.25, 0.3) is 89.0 Å². The minimum atomic E-state index is -0.249. The van der Waals surface area contributed by atoms with Gasteiger partial charge in [0.15, 0.2) is 23.2 Å². The normalized spacial score (nSPS) is 14.0. The van der Waals surface area contributed by atoms with Crippen LogP contribution in [0.2, 0.25) is 0 Å². The van der Waals surface area contributed by atoms with E-state index in [1.807, 2.05) is 121 Å². The van der Waals surface area contributed by atoms with Gasteiger partial charge in [-0.15, -0.1) is 0 Å². The Labute approximate surface area is 324 Å². The minimum Gasteiger partial charge on any atom is -0.456 e. The highest BCUT2D eigenvalue weighted by Gasteiger charge is 2.31.